The summed E-state index contributed by atoms with van der Waals surface area (Å²) in [6, 6.07) is 17.8. The average Bonchev–Trinajstić information content (AvgIpc) is 3.10. The Morgan fingerprint density at radius 3 is 2.23 bits per heavy atom. The highest BCUT2D eigenvalue weighted by molar-refractivity contribution is 7.99. The first kappa shape index (κ1) is 18.3. The minimum absolute atomic E-state index is 0.607. The van der Waals surface area contributed by atoms with Gasteiger partial charge in [-0.25, -0.2) is 0 Å². The van der Waals surface area contributed by atoms with Crippen LogP contribution in [0, 0.1) is 0 Å². The van der Waals surface area contributed by atoms with Crippen LogP contribution in [0.1, 0.15) is 13.8 Å². The molecule has 2 aromatic carbocycles. The van der Waals surface area contributed by atoms with E-state index in [9.17, 15) is 0 Å². The van der Waals surface area contributed by atoms with E-state index in [1.165, 1.54) is 0 Å². The molecule has 0 aliphatic heterocycles. The zero-order valence-electron chi connectivity index (χ0n) is 15.1. The van der Waals surface area contributed by atoms with Crippen molar-refractivity contribution in [2.75, 3.05) is 19.0 Å². The van der Waals surface area contributed by atoms with Gasteiger partial charge in [-0.05, 0) is 38.1 Å². The smallest absolute Gasteiger partial charge is 0.191 e. The lowest BCUT2D eigenvalue weighted by atomic mass is 10.2. The highest BCUT2D eigenvalue weighted by atomic mass is 32.2. The Hall–Kier alpha value is -2.47. The third kappa shape index (κ3) is 4.58. The summed E-state index contributed by atoms with van der Waals surface area (Å²) in [5.41, 5.74) is 1.08. The zero-order chi connectivity index (χ0) is 18.2. The number of hydrogen-bond acceptors (Lipinski definition) is 5. The van der Waals surface area contributed by atoms with Crippen molar-refractivity contribution in [2.24, 2.45) is 0 Å². The van der Waals surface area contributed by atoms with E-state index < -0.39 is 0 Å². The van der Waals surface area contributed by atoms with E-state index >= 15 is 0 Å². The van der Waals surface area contributed by atoms with Gasteiger partial charge in [-0.15, -0.1) is 10.2 Å². The molecule has 0 radical (unpaired) electrons. The minimum Gasteiger partial charge on any atom is -0.494 e. The molecule has 0 fully saturated rings. The molecule has 5 nitrogen and oxygen atoms in total. The Morgan fingerprint density at radius 2 is 1.58 bits per heavy atom. The van der Waals surface area contributed by atoms with Gasteiger partial charge in [0.25, 0.3) is 0 Å². The fourth-order valence-electron chi connectivity index (χ4n) is 2.57. The first-order valence-electron chi connectivity index (χ1n) is 8.79. The van der Waals surface area contributed by atoms with Gasteiger partial charge in [-0.2, -0.15) is 0 Å². The summed E-state index contributed by atoms with van der Waals surface area (Å²) in [5.74, 6) is 3.41. The minimum atomic E-state index is 0.607. The Bertz CT molecular complexity index is 804. The lowest BCUT2D eigenvalue weighted by Crippen LogP contribution is -2.03. The molecule has 0 aliphatic rings. The standard InChI is InChI=1S/C20H23N3O2S/c1-3-23-19(16-8-6-5-7-9-16)21-22-20(23)26-15-14-25-18-12-10-17(11-13-18)24-4-2/h5-13H,3-4,14-15H2,1-2H3. The van der Waals surface area contributed by atoms with Gasteiger partial charge in [0, 0.05) is 17.9 Å². The SMILES string of the molecule is CCOc1ccc(OCCSc2nnc(-c3ccccc3)n2CC)cc1. The van der Waals surface area contributed by atoms with E-state index in [0.29, 0.717) is 13.2 Å². The molecule has 1 aromatic heterocycles. The van der Waals surface area contributed by atoms with Crippen LogP contribution in [0.5, 0.6) is 11.5 Å². The normalized spacial score (nSPS) is 10.7. The molecule has 0 bridgehead atoms. The molecular weight excluding hydrogens is 346 g/mol. The fraction of sp³-hybridized carbons (Fsp3) is 0.300. The summed E-state index contributed by atoms with van der Waals surface area (Å²) >= 11 is 1.66. The van der Waals surface area contributed by atoms with Gasteiger partial charge in [0.05, 0.1) is 13.2 Å². The van der Waals surface area contributed by atoms with Crippen LogP contribution in [0.2, 0.25) is 0 Å². The van der Waals surface area contributed by atoms with E-state index in [-0.39, 0.29) is 0 Å². The molecule has 0 saturated carbocycles. The van der Waals surface area contributed by atoms with Crippen LogP contribution < -0.4 is 9.47 Å². The molecule has 0 N–H and O–H groups in total. The monoisotopic (exact) mass is 369 g/mol. The maximum atomic E-state index is 5.79. The summed E-state index contributed by atoms with van der Waals surface area (Å²) in [6.07, 6.45) is 0. The van der Waals surface area contributed by atoms with E-state index in [4.69, 9.17) is 9.47 Å². The van der Waals surface area contributed by atoms with E-state index in [0.717, 1.165) is 40.3 Å². The second-order valence-corrected chi connectivity index (χ2v) is 6.58. The van der Waals surface area contributed by atoms with Crippen LogP contribution in [-0.4, -0.2) is 33.7 Å². The van der Waals surface area contributed by atoms with Crippen LogP contribution in [0.3, 0.4) is 0 Å². The van der Waals surface area contributed by atoms with Gasteiger partial charge in [0.1, 0.15) is 11.5 Å². The summed E-state index contributed by atoms with van der Waals surface area (Å²) < 4.78 is 13.4. The first-order chi connectivity index (χ1) is 12.8. The Balaban J connectivity index is 1.54. The van der Waals surface area contributed by atoms with Gasteiger partial charge in [-0.1, -0.05) is 42.1 Å². The number of aromatic nitrogens is 3. The van der Waals surface area contributed by atoms with Gasteiger partial charge in [-0.3, -0.25) is 0 Å². The average molecular weight is 369 g/mol. The van der Waals surface area contributed by atoms with Crippen LogP contribution in [0.4, 0.5) is 0 Å². The molecule has 0 spiro atoms. The molecule has 1 heterocycles. The van der Waals surface area contributed by atoms with Crippen molar-refractivity contribution in [3.05, 3.63) is 54.6 Å². The number of benzene rings is 2. The van der Waals surface area contributed by atoms with Crippen molar-refractivity contribution >= 4 is 11.8 Å². The molecule has 6 heteroatoms. The van der Waals surface area contributed by atoms with Crippen LogP contribution in [0.25, 0.3) is 11.4 Å². The van der Waals surface area contributed by atoms with Gasteiger partial charge >= 0.3 is 0 Å². The summed E-state index contributed by atoms with van der Waals surface area (Å²) in [7, 11) is 0. The summed E-state index contributed by atoms with van der Waals surface area (Å²) in [5, 5.41) is 9.62. The third-order valence-corrected chi connectivity index (χ3v) is 4.71. The molecule has 0 atom stereocenters. The third-order valence-electron chi connectivity index (χ3n) is 3.78. The number of ether oxygens (including phenoxy) is 2. The Labute approximate surface area is 158 Å². The van der Waals surface area contributed by atoms with E-state index in [1.54, 1.807) is 11.8 Å². The molecule has 0 amide bonds. The zero-order valence-corrected chi connectivity index (χ0v) is 15.9. The number of nitrogens with zero attached hydrogens (tertiary/aromatic N) is 3. The quantitative estimate of drug-likeness (QED) is 0.409. The number of thioether (sulfide) groups is 1. The van der Waals surface area contributed by atoms with E-state index in [1.807, 2.05) is 49.4 Å². The molecule has 0 saturated heterocycles. The van der Waals surface area contributed by atoms with Crippen molar-refractivity contribution in [1.82, 2.24) is 14.8 Å². The largest absolute Gasteiger partial charge is 0.494 e. The fourth-order valence-corrected chi connectivity index (χ4v) is 3.39. The Kier molecular flexibility index (Phi) is 6.55. The summed E-state index contributed by atoms with van der Waals surface area (Å²) in [4.78, 5) is 0. The van der Waals surface area contributed by atoms with Crippen LogP contribution in [-0.2, 0) is 6.54 Å². The topological polar surface area (TPSA) is 49.2 Å². The molecule has 3 aromatic rings. The van der Waals surface area contributed by atoms with Crippen molar-refractivity contribution in [3.8, 4) is 22.9 Å². The van der Waals surface area contributed by atoms with Crippen LogP contribution >= 0.6 is 11.8 Å². The highest BCUT2D eigenvalue weighted by Gasteiger charge is 2.12. The second kappa shape index (κ2) is 9.29. The predicted molar refractivity (Wildman–Crippen MR) is 105 cm³/mol. The highest BCUT2D eigenvalue weighted by Crippen LogP contribution is 2.24. The van der Waals surface area contributed by atoms with E-state index in [2.05, 4.69) is 33.8 Å². The van der Waals surface area contributed by atoms with Crippen molar-refractivity contribution < 1.29 is 9.47 Å². The van der Waals surface area contributed by atoms with Crippen molar-refractivity contribution in [1.29, 1.82) is 0 Å². The molecule has 0 aliphatic carbocycles. The van der Waals surface area contributed by atoms with Gasteiger partial charge in [0.2, 0.25) is 0 Å². The van der Waals surface area contributed by atoms with Crippen LogP contribution in [0.15, 0.2) is 59.8 Å². The van der Waals surface area contributed by atoms with Crippen molar-refractivity contribution in [2.45, 2.75) is 25.5 Å². The van der Waals surface area contributed by atoms with Gasteiger partial charge in [0.15, 0.2) is 11.0 Å². The lowest BCUT2D eigenvalue weighted by molar-refractivity contribution is 0.332. The second-order valence-electron chi connectivity index (χ2n) is 5.52. The molecular formula is C20H23N3O2S. The predicted octanol–water partition coefficient (Wildman–Crippen LogP) is 4.53. The number of rotatable bonds is 9. The van der Waals surface area contributed by atoms with Crippen molar-refractivity contribution in [3.63, 3.8) is 0 Å². The Morgan fingerprint density at radius 1 is 0.885 bits per heavy atom. The number of hydrogen-bond donors (Lipinski definition) is 0. The molecule has 26 heavy (non-hydrogen) atoms. The first-order valence-corrected chi connectivity index (χ1v) is 9.77. The molecule has 136 valence electrons. The van der Waals surface area contributed by atoms with Gasteiger partial charge < -0.3 is 14.0 Å². The molecule has 3 rings (SSSR count). The molecule has 0 unspecified atom stereocenters. The lowest BCUT2D eigenvalue weighted by Gasteiger charge is -2.09. The maximum Gasteiger partial charge on any atom is 0.191 e. The maximum absolute atomic E-state index is 5.79. The summed E-state index contributed by atoms with van der Waals surface area (Å²) in [6.45, 7) is 6.19.